The molecule has 0 unspecified atom stereocenters. The number of nitrogen functional groups attached to an aromatic ring is 1. The summed E-state index contributed by atoms with van der Waals surface area (Å²) < 4.78 is 6.16. The second-order valence-electron chi connectivity index (χ2n) is 4.38. The molecule has 1 heterocycles. The van der Waals surface area contributed by atoms with Crippen molar-refractivity contribution in [3.63, 3.8) is 0 Å². The number of non-ortho nitro benzene ring substituents is 1. The highest BCUT2D eigenvalue weighted by atomic mass is 32.1. The monoisotopic (exact) mass is 301 g/mol. The van der Waals surface area contributed by atoms with Gasteiger partial charge in [-0.2, -0.15) is 0 Å². The lowest BCUT2D eigenvalue weighted by Gasteiger charge is -2.01. The predicted octanol–water partition coefficient (Wildman–Crippen LogP) is 3.46. The van der Waals surface area contributed by atoms with Crippen molar-refractivity contribution in [2.75, 3.05) is 12.8 Å². The topological polar surface area (TPSA) is 91.3 Å². The molecule has 2 N–H and O–H groups in total. The van der Waals surface area contributed by atoms with E-state index in [0.29, 0.717) is 11.3 Å². The van der Waals surface area contributed by atoms with E-state index >= 15 is 0 Å². The van der Waals surface area contributed by atoms with E-state index in [2.05, 4.69) is 4.98 Å². The Morgan fingerprint density at radius 2 is 2.10 bits per heavy atom. The number of nitro benzene ring substituents is 1. The molecule has 0 fully saturated rings. The number of aromatic nitrogens is 1. The highest BCUT2D eigenvalue weighted by Crippen LogP contribution is 2.36. The zero-order chi connectivity index (χ0) is 15.0. The molecule has 106 valence electrons. The van der Waals surface area contributed by atoms with E-state index in [1.807, 2.05) is 18.2 Å². The summed E-state index contributed by atoms with van der Waals surface area (Å²) in [6, 6.07) is 10.0. The number of fused-ring (bicyclic) bond motifs is 1. The van der Waals surface area contributed by atoms with Crippen LogP contribution in [0.15, 0.2) is 36.4 Å². The summed E-state index contributed by atoms with van der Waals surface area (Å²) in [5, 5.41) is 11.5. The third kappa shape index (κ3) is 2.38. The first-order valence-electron chi connectivity index (χ1n) is 6.07. The minimum absolute atomic E-state index is 0.0287. The van der Waals surface area contributed by atoms with Crippen LogP contribution in [-0.4, -0.2) is 17.0 Å². The fourth-order valence-electron chi connectivity index (χ4n) is 2.01. The molecule has 0 atom stereocenters. The van der Waals surface area contributed by atoms with Gasteiger partial charge in [0, 0.05) is 23.4 Å². The normalized spacial score (nSPS) is 10.7. The molecule has 0 bridgehead atoms. The van der Waals surface area contributed by atoms with E-state index in [1.165, 1.54) is 23.5 Å². The molecule has 0 aliphatic carbocycles. The third-order valence-corrected chi connectivity index (χ3v) is 4.12. The highest BCUT2D eigenvalue weighted by molar-refractivity contribution is 7.21. The third-order valence-electron chi connectivity index (χ3n) is 3.07. The maximum atomic E-state index is 10.7. The van der Waals surface area contributed by atoms with Crippen LogP contribution in [0.5, 0.6) is 5.75 Å². The van der Waals surface area contributed by atoms with Crippen LogP contribution in [0.4, 0.5) is 11.4 Å². The van der Waals surface area contributed by atoms with E-state index in [9.17, 15) is 10.1 Å². The van der Waals surface area contributed by atoms with Gasteiger partial charge in [-0.15, -0.1) is 11.3 Å². The number of methoxy groups -OCH3 is 1. The Bertz CT molecular complexity index is 845. The molecule has 0 radical (unpaired) electrons. The van der Waals surface area contributed by atoms with Crippen molar-refractivity contribution < 1.29 is 9.66 Å². The first-order chi connectivity index (χ1) is 10.1. The number of nitrogens with zero attached hydrogens (tertiary/aromatic N) is 2. The summed E-state index contributed by atoms with van der Waals surface area (Å²) in [5.41, 5.74) is 7.76. The largest absolute Gasteiger partial charge is 0.497 e. The second kappa shape index (κ2) is 5.02. The molecule has 7 heteroatoms. The van der Waals surface area contributed by atoms with Gasteiger partial charge in [0.1, 0.15) is 10.8 Å². The SMILES string of the molecule is COc1ccc2nc(-c3ccc([N+](=O)[O-])cc3N)sc2c1. The number of nitrogens with two attached hydrogens (primary N) is 1. The molecule has 0 aliphatic rings. The summed E-state index contributed by atoms with van der Waals surface area (Å²) in [5.74, 6) is 0.759. The maximum Gasteiger partial charge on any atom is 0.271 e. The fourth-order valence-corrected chi connectivity index (χ4v) is 3.05. The summed E-state index contributed by atoms with van der Waals surface area (Å²) in [4.78, 5) is 14.8. The smallest absolute Gasteiger partial charge is 0.271 e. The molecule has 1 aromatic heterocycles. The Balaban J connectivity index is 2.09. The minimum atomic E-state index is -0.469. The van der Waals surface area contributed by atoms with Crippen molar-refractivity contribution in [3.8, 4) is 16.3 Å². The number of benzene rings is 2. The molecule has 0 amide bonds. The molecule has 0 aliphatic heterocycles. The molecule has 0 saturated heterocycles. The lowest BCUT2D eigenvalue weighted by molar-refractivity contribution is -0.384. The van der Waals surface area contributed by atoms with Gasteiger partial charge in [0.2, 0.25) is 0 Å². The van der Waals surface area contributed by atoms with E-state index in [0.717, 1.165) is 21.0 Å². The summed E-state index contributed by atoms with van der Waals surface area (Å²) in [6.45, 7) is 0. The van der Waals surface area contributed by atoms with E-state index in [1.54, 1.807) is 13.2 Å². The van der Waals surface area contributed by atoms with Gasteiger partial charge < -0.3 is 10.5 Å². The van der Waals surface area contributed by atoms with Crippen LogP contribution in [0.3, 0.4) is 0 Å². The lowest BCUT2D eigenvalue weighted by atomic mass is 10.1. The first-order valence-corrected chi connectivity index (χ1v) is 6.89. The Morgan fingerprint density at radius 1 is 1.29 bits per heavy atom. The molecular weight excluding hydrogens is 290 g/mol. The number of ether oxygens (including phenoxy) is 1. The zero-order valence-electron chi connectivity index (χ0n) is 11.1. The van der Waals surface area contributed by atoms with Gasteiger partial charge in [-0.1, -0.05) is 0 Å². The van der Waals surface area contributed by atoms with Crippen LogP contribution >= 0.6 is 11.3 Å². The van der Waals surface area contributed by atoms with Gasteiger partial charge in [-0.25, -0.2) is 4.98 Å². The van der Waals surface area contributed by atoms with Gasteiger partial charge in [0.25, 0.3) is 5.69 Å². The first kappa shape index (κ1) is 13.3. The van der Waals surface area contributed by atoms with Gasteiger partial charge >= 0.3 is 0 Å². The second-order valence-corrected chi connectivity index (χ2v) is 5.41. The van der Waals surface area contributed by atoms with Crippen molar-refractivity contribution in [2.24, 2.45) is 0 Å². The molecular formula is C14H11N3O3S. The summed E-state index contributed by atoms with van der Waals surface area (Å²) >= 11 is 1.47. The number of rotatable bonds is 3. The number of hydrogen-bond donors (Lipinski definition) is 1. The van der Waals surface area contributed by atoms with Crippen LogP contribution in [0.2, 0.25) is 0 Å². The van der Waals surface area contributed by atoms with E-state index in [-0.39, 0.29) is 5.69 Å². The molecule has 0 saturated carbocycles. The van der Waals surface area contributed by atoms with Crippen molar-refractivity contribution in [2.45, 2.75) is 0 Å². The molecule has 6 nitrogen and oxygen atoms in total. The maximum absolute atomic E-state index is 10.7. The average molecular weight is 301 g/mol. The molecule has 3 rings (SSSR count). The highest BCUT2D eigenvalue weighted by Gasteiger charge is 2.13. The van der Waals surface area contributed by atoms with Crippen molar-refractivity contribution in [1.29, 1.82) is 0 Å². The molecule has 21 heavy (non-hydrogen) atoms. The Kier molecular flexibility index (Phi) is 3.19. The van der Waals surface area contributed by atoms with Crippen LogP contribution in [-0.2, 0) is 0 Å². The Morgan fingerprint density at radius 3 is 2.76 bits per heavy atom. The summed E-state index contributed by atoms with van der Waals surface area (Å²) in [7, 11) is 1.61. The quantitative estimate of drug-likeness (QED) is 0.454. The van der Waals surface area contributed by atoms with Crippen molar-refractivity contribution in [1.82, 2.24) is 4.98 Å². The molecule has 0 spiro atoms. The molecule has 2 aromatic carbocycles. The lowest BCUT2D eigenvalue weighted by Crippen LogP contribution is -1.93. The fraction of sp³-hybridized carbons (Fsp3) is 0.0714. The zero-order valence-corrected chi connectivity index (χ0v) is 11.9. The summed E-state index contributed by atoms with van der Waals surface area (Å²) in [6.07, 6.45) is 0. The Labute approximate surface area is 124 Å². The molecule has 3 aromatic rings. The van der Waals surface area contributed by atoms with E-state index in [4.69, 9.17) is 10.5 Å². The van der Waals surface area contributed by atoms with Crippen molar-refractivity contribution in [3.05, 3.63) is 46.5 Å². The van der Waals surface area contributed by atoms with E-state index < -0.39 is 4.92 Å². The van der Waals surface area contributed by atoms with Crippen LogP contribution < -0.4 is 10.5 Å². The predicted molar refractivity (Wildman–Crippen MR) is 82.7 cm³/mol. The van der Waals surface area contributed by atoms with Gasteiger partial charge in [0.15, 0.2) is 0 Å². The van der Waals surface area contributed by atoms with Crippen LogP contribution in [0.25, 0.3) is 20.8 Å². The number of anilines is 1. The minimum Gasteiger partial charge on any atom is -0.497 e. The standard InChI is InChI=1S/C14H11N3O3S/c1-20-9-3-5-12-13(7-9)21-14(16-12)10-4-2-8(17(18)19)6-11(10)15/h2-7H,15H2,1H3. The Hall–Kier alpha value is -2.67. The van der Waals surface area contributed by atoms with Gasteiger partial charge in [0.05, 0.1) is 22.2 Å². The number of thiazole rings is 1. The average Bonchev–Trinajstić information content (AvgIpc) is 2.89. The van der Waals surface area contributed by atoms with Crippen LogP contribution in [0.1, 0.15) is 0 Å². The number of nitro groups is 1. The van der Waals surface area contributed by atoms with Gasteiger partial charge in [-0.3, -0.25) is 10.1 Å². The van der Waals surface area contributed by atoms with Crippen LogP contribution in [0, 0.1) is 10.1 Å². The van der Waals surface area contributed by atoms with Crippen molar-refractivity contribution >= 4 is 32.9 Å². The van der Waals surface area contributed by atoms with Gasteiger partial charge in [-0.05, 0) is 24.3 Å². The number of hydrogen-bond acceptors (Lipinski definition) is 6.